The summed E-state index contributed by atoms with van der Waals surface area (Å²) in [5.74, 6) is 0.753. The van der Waals surface area contributed by atoms with Crippen LogP contribution in [0.15, 0.2) is 49.1 Å². The molecule has 5 rings (SSSR count). The van der Waals surface area contributed by atoms with Crippen LogP contribution in [0.3, 0.4) is 0 Å². The van der Waals surface area contributed by atoms with E-state index in [1.165, 1.54) is 11.8 Å². The van der Waals surface area contributed by atoms with E-state index in [4.69, 9.17) is 0 Å². The van der Waals surface area contributed by atoms with E-state index >= 15 is 0 Å². The van der Waals surface area contributed by atoms with Crippen molar-refractivity contribution in [3.63, 3.8) is 0 Å². The number of carbonyl (C=O) groups is 1. The van der Waals surface area contributed by atoms with Gasteiger partial charge in [0, 0.05) is 35.7 Å². The summed E-state index contributed by atoms with van der Waals surface area (Å²) in [6.45, 7) is 5.25. The number of amides is 1. The molecule has 0 radical (unpaired) electrons. The molecule has 2 fully saturated rings. The van der Waals surface area contributed by atoms with Gasteiger partial charge in [0.2, 0.25) is 5.91 Å². The molecule has 6 nitrogen and oxygen atoms in total. The molecule has 148 valence electrons. The Bertz CT molecular complexity index is 1090. The fraction of sp³-hybridized carbons (Fsp3) is 0.348. The van der Waals surface area contributed by atoms with Crippen molar-refractivity contribution in [3.8, 4) is 17.0 Å². The minimum absolute atomic E-state index is 0.0465. The van der Waals surface area contributed by atoms with Crippen LogP contribution in [0, 0.1) is 5.41 Å². The number of hydrogen-bond acceptors (Lipinski definition) is 4. The zero-order chi connectivity index (χ0) is 20.0. The zero-order valence-corrected chi connectivity index (χ0v) is 16.3. The van der Waals surface area contributed by atoms with Crippen LogP contribution in [-0.4, -0.2) is 44.2 Å². The molecule has 29 heavy (non-hydrogen) atoms. The number of aromatic amines is 1. The highest BCUT2D eigenvalue weighted by atomic mass is 16.3. The Hall–Kier alpha value is -3.15. The number of phenols is 1. The smallest absolute Gasteiger partial charge is 0.245 e. The number of piperidine rings is 1. The van der Waals surface area contributed by atoms with Crippen molar-refractivity contribution < 1.29 is 9.90 Å². The summed E-state index contributed by atoms with van der Waals surface area (Å²) in [6.07, 6.45) is 5.85. The van der Waals surface area contributed by atoms with E-state index < -0.39 is 0 Å². The summed E-state index contributed by atoms with van der Waals surface area (Å²) in [7, 11) is 0. The molecule has 0 atom stereocenters. The molecule has 0 unspecified atom stereocenters. The molecule has 0 bridgehead atoms. The number of likely N-dealkylation sites (tertiary alicyclic amines) is 1. The van der Waals surface area contributed by atoms with E-state index in [1.54, 1.807) is 12.1 Å². The molecule has 1 aliphatic carbocycles. The first-order valence-corrected chi connectivity index (χ1v) is 10.1. The van der Waals surface area contributed by atoms with Crippen LogP contribution in [0.1, 0.15) is 37.3 Å². The standard InChI is InChI=1S/C23H24N4O2/c1-2-21(29)27-9-7-23(8-10-27)13-16(14-23)18-11-15-12-19(25-26-22(15)24-18)17-5-3-4-6-20(17)28/h2-6,11-12,16,28H,1,7-10,13-14H2,(H,24,26). The van der Waals surface area contributed by atoms with Gasteiger partial charge in [0.25, 0.3) is 0 Å². The summed E-state index contributed by atoms with van der Waals surface area (Å²) >= 11 is 0. The molecular weight excluding hydrogens is 364 g/mol. The maximum atomic E-state index is 11.8. The number of nitrogens with zero attached hydrogens (tertiary/aromatic N) is 3. The number of hydrogen-bond donors (Lipinski definition) is 2. The Balaban J connectivity index is 1.31. The van der Waals surface area contributed by atoms with Crippen molar-refractivity contribution in [1.82, 2.24) is 20.1 Å². The topological polar surface area (TPSA) is 82.1 Å². The molecule has 1 spiro atoms. The van der Waals surface area contributed by atoms with Crippen LogP contribution in [0.25, 0.3) is 22.3 Å². The molecule has 2 aromatic heterocycles. The lowest BCUT2D eigenvalue weighted by molar-refractivity contribution is -0.129. The molecule has 2 aliphatic rings. The maximum Gasteiger partial charge on any atom is 0.245 e. The van der Waals surface area contributed by atoms with Crippen LogP contribution < -0.4 is 0 Å². The largest absolute Gasteiger partial charge is 0.507 e. The summed E-state index contributed by atoms with van der Waals surface area (Å²) in [4.78, 5) is 17.1. The van der Waals surface area contributed by atoms with Gasteiger partial charge in [-0.05, 0) is 61.4 Å². The highest BCUT2D eigenvalue weighted by Gasteiger charge is 2.47. The normalized spacial score (nSPS) is 18.7. The molecular formula is C23H24N4O2. The predicted molar refractivity (Wildman–Crippen MR) is 111 cm³/mol. The molecule has 1 aliphatic heterocycles. The van der Waals surface area contributed by atoms with Crippen LogP contribution >= 0.6 is 0 Å². The molecule has 6 heteroatoms. The number of benzene rings is 1. The van der Waals surface area contributed by atoms with Gasteiger partial charge in [-0.15, -0.1) is 10.2 Å². The van der Waals surface area contributed by atoms with Crippen molar-refractivity contribution in [2.75, 3.05) is 13.1 Å². The number of carbonyl (C=O) groups excluding carboxylic acids is 1. The number of fused-ring (bicyclic) bond motifs is 1. The Morgan fingerprint density at radius 2 is 1.97 bits per heavy atom. The second-order valence-corrected chi connectivity index (χ2v) is 8.41. The summed E-state index contributed by atoms with van der Waals surface area (Å²) in [6, 6.07) is 11.3. The molecule has 3 aromatic rings. The van der Waals surface area contributed by atoms with E-state index in [0.29, 0.717) is 22.6 Å². The first kappa shape index (κ1) is 17.9. The van der Waals surface area contributed by atoms with Gasteiger partial charge < -0.3 is 15.0 Å². The number of aromatic hydroxyl groups is 1. The predicted octanol–water partition coefficient (Wildman–Crippen LogP) is 4.00. The van der Waals surface area contributed by atoms with Crippen LogP contribution in [-0.2, 0) is 4.79 Å². The zero-order valence-electron chi connectivity index (χ0n) is 16.3. The molecule has 1 aromatic carbocycles. The lowest BCUT2D eigenvalue weighted by Gasteiger charge is -2.52. The lowest BCUT2D eigenvalue weighted by atomic mass is 9.57. The van der Waals surface area contributed by atoms with Gasteiger partial charge in [-0.1, -0.05) is 18.7 Å². The van der Waals surface area contributed by atoms with E-state index in [2.05, 4.69) is 27.8 Å². The number of para-hydroxylation sites is 1. The second kappa shape index (κ2) is 6.72. The van der Waals surface area contributed by atoms with Crippen molar-refractivity contribution in [1.29, 1.82) is 0 Å². The Labute approximate surface area is 169 Å². The number of phenolic OH excluding ortho intramolecular Hbond substituents is 1. The Morgan fingerprint density at radius 3 is 2.69 bits per heavy atom. The number of nitrogens with one attached hydrogen (secondary N) is 1. The highest BCUT2D eigenvalue weighted by molar-refractivity contribution is 5.87. The van der Waals surface area contributed by atoms with E-state index in [9.17, 15) is 9.90 Å². The molecule has 3 heterocycles. The van der Waals surface area contributed by atoms with Crippen molar-refractivity contribution >= 4 is 16.9 Å². The third-order valence-corrected chi connectivity index (χ3v) is 6.69. The summed E-state index contributed by atoms with van der Waals surface area (Å²) in [5, 5.41) is 19.7. The third-order valence-electron chi connectivity index (χ3n) is 6.69. The van der Waals surface area contributed by atoms with Crippen LogP contribution in [0.4, 0.5) is 0 Å². The molecule has 2 N–H and O–H groups in total. The van der Waals surface area contributed by atoms with E-state index in [0.717, 1.165) is 49.8 Å². The Morgan fingerprint density at radius 1 is 1.21 bits per heavy atom. The van der Waals surface area contributed by atoms with E-state index in [-0.39, 0.29) is 11.7 Å². The van der Waals surface area contributed by atoms with Gasteiger partial charge in [0.05, 0.1) is 5.69 Å². The van der Waals surface area contributed by atoms with Gasteiger partial charge in [0.1, 0.15) is 5.75 Å². The first-order chi connectivity index (χ1) is 14.1. The fourth-order valence-corrected chi connectivity index (χ4v) is 4.94. The minimum atomic E-state index is 0.0465. The van der Waals surface area contributed by atoms with Gasteiger partial charge in [0.15, 0.2) is 5.65 Å². The van der Waals surface area contributed by atoms with Crippen molar-refractivity contribution in [3.05, 3.63) is 54.7 Å². The van der Waals surface area contributed by atoms with Crippen LogP contribution in [0.5, 0.6) is 5.75 Å². The van der Waals surface area contributed by atoms with Gasteiger partial charge in [-0.3, -0.25) is 4.79 Å². The highest BCUT2D eigenvalue weighted by Crippen LogP contribution is 2.56. The number of rotatable bonds is 3. The average molecular weight is 388 g/mol. The Kier molecular flexibility index (Phi) is 4.15. The first-order valence-electron chi connectivity index (χ1n) is 10.1. The number of aromatic nitrogens is 3. The fourth-order valence-electron chi connectivity index (χ4n) is 4.94. The summed E-state index contributed by atoms with van der Waals surface area (Å²) in [5.41, 5.74) is 3.72. The van der Waals surface area contributed by atoms with Gasteiger partial charge in [-0.2, -0.15) is 0 Å². The van der Waals surface area contributed by atoms with Gasteiger partial charge >= 0.3 is 0 Å². The van der Waals surface area contributed by atoms with Crippen molar-refractivity contribution in [2.45, 2.75) is 31.6 Å². The summed E-state index contributed by atoms with van der Waals surface area (Å²) < 4.78 is 0. The monoisotopic (exact) mass is 388 g/mol. The SMILES string of the molecule is C=CC(=O)N1CCC2(CC1)CC(c1cc3cc(-c4ccccc4O)nnc3[nH]1)C2. The van der Waals surface area contributed by atoms with Gasteiger partial charge in [-0.25, -0.2) is 0 Å². The van der Waals surface area contributed by atoms with Crippen LogP contribution in [0.2, 0.25) is 0 Å². The molecule has 1 amide bonds. The number of H-pyrrole nitrogens is 1. The van der Waals surface area contributed by atoms with E-state index in [1.807, 2.05) is 23.1 Å². The van der Waals surface area contributed by atoms with Crippen molar-refractivity contribution in [2.24, 2.45) is 5.41 Å². The maximum absolute atomic E-state index is 11.8. The average Bonchev–Trinajstić information content (AvgIpc) is 3.14. The third kappa shape index (κ3) is 3.09. The molecule has 1 saturated heterocycles. The minimum Gasteiger partial charge on any atom is -0.507 e. The second-order valence-electron chi connectivity index (χ2n) is 8.41. The molecule has 1 saturated carbocycles. The quantitative estimate of drug-likeness (QED) is 0.665. The lowest BCUT2D eigenvalue weighted by Crippen LogP contribution is -2.47.